The summed E-state index contributed by atoms with van der Waals surface area (Å²) >= 11 is 0. The Balaban J connectivity index is 1.73. The molecule has 0 aliphatic rings. The van der Waals surface area contributed by atoms with Crippen LogP contribution in [0, 0.1) is 5.92 Å². The predicted octanol–water partition coefficient (Wildman–Crippen LogP) is 3.12. The molecule has 2 aromatic carbocycles. The number of aliphatic carboxylic acids is 3. The van der Waals surface area contributed by atoms with E-state index in [4.69, 9.17) is 24.2 Å². The predicted molar refractivity (Wildman–Crippen MR) is 200 cm³/mol. The third-order valence-corrected chi connectivity index (χ3v) is 8.56. The zero-order valence-electron chi connectivity index (χ0n) is 31.4. The molecule has 2 unspecified atom stereocenters. The second kappa shape index (κ2) is 21.8. The summed E-state index contributed by atoms with van der Waals surface area (Å²) in [4.78, 5) is 104. The van der Waals surface area contributed by atoms with Crippen LogP contribution >= 0.6 is 0 Å². The first-order chi connectivity index (χ1) is 27.2. The minimum Gasteiger partial charge on any atom is -0.481 e. The van der Waals surface area contributed by atoms with Gasteiger partial charge >= 0.3 is 23.9 Å². The van der Waals surface area contributed by atoms with E-state index in [1.54, 1.807) is 32.2 Å². The summed E-state index contributed by atoms with van der Waals surface area (Å²) in [6, 6.07) is 10.4. The number of benzene rings is 2. The minimum absolute atomic E-state index is 0.0771. The Labute approximate surface area is 326 Å². The van der Waals surface area contributed by atoms with E-state index >= 15 is 0 Å². The first-order valence-electron chi connectivity index (χ1n) is 17.9. The molecule has 7 N–H and O–H groups in total. The van der Waals surface area contributed by atoms with Gasteiger partial charge < -0.3 is 50.6 Å². The molecular weight excluding hydrogens is 750 g/mol. The number of ether oxygens (including phenoxy) is 1. The minimum atomic E-state index is -1.79. The second-order valence-electron chi connectivity index (χ2n) is 12.5. The van der Waals surface area contributed by atoms with Crippen molar-refractivity contribution in [2.24, 2.45) is 5.92 Å². The van der Waals surface area contributed by atoms with Crippen molar-refractivity contribution < 1.29 is 67.7 Å². The second-order valence-corrected chi connectivity index (χ2v) is 12.5. The SMILES string of the molecule is CCCCCC(C(=O)NCNC(=O)c1ccc(-c2ccc(C(=O)NC(CC(=O)O)C(=O)O)c(OCC(=O)O)c2)o1)[C@@H](CC)N(C=O)OC(=O)c1ccccc1NC. The number of nitrogens with zero attached hydrogens (tertiary/aromatic N) is 1. The van der Waals surface area contributed by atoms with Gasteiger partial charge in [0.1, 0.15) is 17.6 Å². The molecule has 1 aromatic heterocycles. The van der Waals surface area contributed by atoms with Crippen LogP contribution in [0.5, 0.6) is 5.75 Å². The third kappa shape index (κ3) is 12.8. The number of para-hydroxylation sites is 1. The lowest BCUT2D eigenvalue weighted by atomic mass is 9.90. The monoisotopic (exact) mass is 795 g/mol. The maximum absolute atomic E-state index is 13.6. The van der Waals surface area contributed by atoms with E-state index in [-0.39, 0.29) is 47.0 Å². The Morgan fingerprint density at radius 2 is 1.61 bits per heavy atom. The number of carboxylic acids is 3. The van der Waals surface area contributed by atoms with Gasteiger partial charge in [0.15, 0.2) is 12.4 Å². The number of hydrogen-bond donors (Lipinski definition) is 7. The van der Waals surface area contributed by atoms with Gasteiger partial charge in [-0.25, -0.2) is 14.4 Å². The molecule has 0 saturated carbocycles. The number of amides is 4. The van der Waals surface area contributed by atoms with Gasteiger partial charge in [-0.05, 0) is 49.2 Å². The van der Waals surface area contributed by atoms with Gasteiger partial charge in [-0.1, -0.05) is 51.3 Å². The maximum Gasteiger partial charge on any atom is 0.365 e. The molecule has 0 bridgehead atoms. The number of carboxylic acid groups (broad SMARTS) is 3. The van der Waals surface area contributed by atoms with E-state index in [1.807, 2.05) is 6.92 Å². The normalized spacial score (nSPS) is 12.2. The smallest absolute Gasteiger partial charge is 0.365 e. The van der Waals surface area contributed by atoms with Crippen molar-refractivity contribution in [3.05, 3.63) is 71.5 Å². The highest BCUT2D eigenvalue weighted by Gasteiger charge is 2.34. The fourth-order valence-corrected chi connectivity index (χ4v) is 5.72. The molecule has 3 aromatic rings. The molecule has 0 radical (unpaired) electrons. The van der Waals surface area contributed by atoms with Crippen molar-refractivity contribution in [2.45, 2.75) is 64.5 Å². The lowest BCUT2D eigenvalue weighted by Gasteiger charge is -2.32. The Kier molecular flexibility index (Phi) is 17.0. The van der Waals surface area contributed by atoms with Crippen molar-refractivity contribution >= 4 is 53.7 Å². The lowest BCUT2D eigenvalue weighted by molar-refractivity contribution is -0.171. The topological polar surface area (TPSA) is 280 Å². The van der Waals surface area contributed by atoms with Crippen LogP contribution in [-0.4, -0.2) is 101 Å². The van der Waals surface area contributed by atoms with Gasteiger partial charge in [0.05, 0.1) is 36.2 Å². The molecule has 3 rings (SSSR count). The van der Waals surface area contributed by atoms with Gasteiger partial charge in [0.2, 0.25) is 12.3 Å². The van der Waals surface area contributed by atoms with E-state index in [0.717, 1.165) is 17.9 Å². The summed E-state index contributed by atoms with van der Waals surface area (Å²) in [7, 11) is 1.63. The van der Waals surface area contributed by atoms with Gasteiger partial charge in [-0.3, -0.25) is 24.0 Å². The van der Waals surface area contributed by atoms with Crippen molar-refractivity contribution in [2.75, 3.05) is 25.6 Å². The fourth-order valence-electron chi connectivity index (χ4n) is 5.72. The number of unbranched alkanes of at least 4 members (excludes halogenated alkanes) is 2. The summed E-state index contributed by atoms with van der Waals surface area (Å²) in [5.74, 6) is -8.81. The first-order valence-corrected chi connectivity index (χ1v) is 17.9. The molecule has 0 aliphatic carbocycles. The standard InChI is InChI=1S/C38H45N5O14/c1-4-6-7-11-24(28(5-2)43(21-44)57-38(54)23-10-8-9-12-26(23)39-3)34(49)40-20-41-36(51)30-16-15-29(56-30)22-13-14-25(31(17-22)55-19-33(47)48)35(50)42-27(37(52)53)18-32(45)46/h8-10,12-17,21,24,27-28,39H,4-7,11,18-20H2,1-3H3,(H,40,49)(H,41,51)(H,42,50)(H,45,46)(H,47,48)(H,52,53)/t24?,27?,28-/m1/s1. The van der Waals surface area contributed by atoms with Gasteiger partial charge in [-0.2, -0.15) is 5.06 Å². The Bertz CT molecular complexity index is 1930. The summed E-state index contributed by atoms with van der Waals surface area (Å²) in [5.41, 5.74) is 0.590. The van der Waals surface area contributed by atoms with E-state index < -0.39 is 72.6 Å². The van der Waals surface area contributed by atoms with E-state index in [0.29, 0.717) is 24.9 Å². The number of carbonyl (C=O) groups excluding carboxylic acids is 5. The van der Waals surface area contributed by atoms with Crippen LogP contribution < -0.4 is 26.0 Å². The maximum atomic E-state index is 13.6. The van der Waals surface area contributed by atoms with Crippen LogP contribution in [0.1, 0.15) is 83.6 Å². The molecule has 19 heteroatoms. The first kappa shape index (κ1) is 44.5. The number of furan rings is 1. The van der Waals surface area contributed by atoms with Gasteiger partial charge in [0, 0.05) is 18.3 Å². The summed E-state index contributed by atoms with van der Waals surface area (Å²) in [6.07, 6.45) is 2.33. The number of hydrogen-bond acceptors (Lipinski definition) is 12. The summed E-state index contributed by atoms with van der Waals surface area (Å²) in [5, 5.41) is 38.4. The summed E-state index contributed by atoms with van der Waals surface area (Å²) in [6.45, 7) is 2.50. The number of anilines is 1. The van der Waals surface area contributed by atoms with E-state index in [1.165, 1.54) is 36.4 Å². The zero-order valence-corrected chi connectivity index (χ0v) is 31.4. The molecule has 3 atom stereocenters. The van der Waals surface area contributed by atoms with Crippen LogP contribution in [0.15, 0.2) is 59.0 Å². The highest BCUT2D eigenvalue weighted by Crippen LogP contribution is 2.30. The van der Waals surface area contributed by atoms with Gasteiger partial charge in [-0.15, -0.1) is 0 Å². The molecule has 57 heavy (non-hydrogen) atoms. The Morgan fingerprint density at radius 1 is 0.877 bits per heavy atom. The average Bonchev–Trinajstić information content (AvgIpc) is 3.69. The average molecular weight is 796 g/mol. The van der Waals surface area contributed by atoms with E-state index in [9.17, 15) is 43.5 Å². The van der Waals surface area contributed by atoms with Gasteiger partial charge in [0.25, 0.3) is 11.8 Å². The fraction of sp³-hybridized carbons (Fsp3) is 0.368. The van der Waals surface area contributed by atoms with Crippen LogP contribution in [0.2, 0.25) is 0 Å². The van der Waals surface area contributed by atoms with Crippen molar-refractivity contribution in [3.8, 4) is 17.1 Å². The third-order valence-electron chi connectivity index (χ3n) is 8.56. The molecular formula is C38H45N5O14. The van der Waals surface area contributed by atoms with Crippen molar-refractivity contribution in [1.29, 1.82) is 0 Å². The quantitative estimate of drug-likeness (QED) is 0.0297. The molecule has 19 nitrogen and oxygen atoms in total. The molecule has 0 spiro atoms. The molecule has 0 aliphatic heterocycles. The number of hydroxylamine groups is 2. The molecule has 4 amide bonds. The number of nitrogens with one attached hydrogen (secondary N) is 4. The Morgan fingerprint density at radius 3 is 2.25 bits per heavy atom. The number of rotatable bonds is 24. The van der Waals surface area contributed by atoms with Crippen LogP contribution in [-0.2, 0) is 28.8 Å². The van der Waals surface area contributed by atoms with E-state index in [2.05, 4.69) is 21.3 Å². The van der Waals surface area contributed by atoms with Crippen LogP contribution in [0.3, 0.4) is 0 Å². The molecule has 0 fully saturated rings. The zero-order chi connectivity index (χ0) is 42.1. The van der Waals surface area contributed by atoms with Crippen molar-refractivity contribution in [1.82, 2.24) is 21.0 Å². The van der Waals surface area contributed by atoms with Crippen LogP contribution in [0.4, 0.5) is 5.69 Å². The molecule has 0 saturated heterocycles. The number of carbonyl (C=O) groups is 8. The molecule has 306 valence electrons. The lowest BCUT2D eigenvalue weighted by Crippen LogP contribution is -2.49. The Hall–Kier alpha value is -6.92. The summed E-state index contributed by atoms with van der Waals surface area (Å²) < 4.78 is 10.9. The molecule has 1 heterocycles. The van der Waals surface area contributed by atoms with Crippen LogP contribution in [0.25, 0.3) is 11.3 Å². The largest absolute Gasteiger partial charge is 0.481 e. The van der Waals surface area contributed by atoms with Crippen molar-refractivity contribution in [3.63, 3.8) is 0 Å². The highest BCUT2D eigenvalue weighted by atomic mass is 16.7. The highest BCUT2D eigenvalue weighted by molar-refractivity contribution is 6.00.